The van der Waals surface area contributed by atoms with E-state index in [1.54, 1.807) is 31.2 Å². The Hall–Kier alpha value is -3.56. The molecule has 2 amide bonds. The molecule has 3 aromatic rings. The molecule has 0 heterocycles. The molecule has 1 atom stereocenters. The Morgan fingerprint density at radius 1 is 0.952 bits per heavy atom. The van der Waals surface area contributed by atoms with Crippen LogP contribution in [0.4, 0.5) is 5.69 Å². The maximum atomic E-state index is 14.3. The lowest BCUT2D eigenvalue weighted by atomic mass is 10.1. The minimum atomic E-state index is -4.25. The van der Waals surface area contributed by atoms with Crippen molar-refractivity contribution in [3.05, 3.63) is 88.9 Å². The van der Waals surface area contributed by atoms with Gasteiger partial charge in [0.15, 0.2) is 0 Å². The van der Waals surface area contributed by atoms with Crippen molar-refractivity contribution in [1.29, 1.82) is 0 Å². The Balaban J connectivity index is 2.11. The minimum absolute atomic E-state index is 0.0295. The van der Waals surface area contributed by atoms with Crippen LogP contribution in [0.3, 0.4) is 0 Å². The largest absolute Gasteiger partial charge is 0.492 e. The van der Waals surface area contributed by atoms with Crippen LogP contribution in [0.15, 0.2) is 77.7 Å². The topological polar surface area (TPSA) is 96.0 Å². The van der Waals surface area contributed by atoms with Crippen LogP contribution in [0.2, 0.25) is 5.02 Å². The second kappa shape index (κ2) is 15.1. The van der Waals surface area contributed by atoms with Gasteiger partial charge in [0.25, 0.3) is 10.0 Å². The monoisotopic (exact) mass is 613 g/mol. The highest BCUT2D eigenvalue weighted by atomic mass is 35.5. The van der Waals surface area contributed by atoms with E-state index in [0.29, 0.717) is 30.3 Å². The molecular formula is C32H40ClN3O5S. The predicted molar refractivity (Wildman–Crippen MR) is 167 cm³/mol. The number of nitrogens with zero attached hydrogens (tertiary/aromatic N) is 2. The summed E-state index contributed by atoms with van der Waals surface area (Å²) in [5.41, 5.74) is 2.04. The standard InChI is InChI=1S/C32H40ClN3O5S/c1-6-28(32(38)34-20-23(3)4)35(21-25-13-9-8-12-24(25)5)31(37)22-36(29-14-10-11-15-30(29)41-7-2)42(39,40)27-18-16-26(33)17-19-27/h8-19,23,28H,6-7,20-22H2,1-5H3,(H,34,38). The van der Waals surface area contributed by atoms with Gasteiger partial charge in [-0.2, -0.15) is 0 Å². The summed E-state index contributed by atoms with van der Waals surface area (Å²) < 4.78 is 35.0. The lowest BCUT2D eigenvalue weighted by molar-refractivity contribution is -0.140. The maximum Gasteiger partial charge on any atom is 0.264 e. The smallest absolute Gasteiger partial charge is 0.264 e. The maximum absolute atomic E-state index is 14.3. The number of hydrogen-bond donors (Lipinski definition) is 1. The van der Waals surface area contributed by atoms with Gasteiger partial charge >= 0.3 is 0 Å². The van der Waals surface area contributed by atoms with Crippen molar-refractivity contribution < 1.29 is 22.7 Å². The molecule has 0 spiro atoms. The molecule has 0 aliphatic rings. The van der Waals surface area contributed by atoms with Crippen molar-refractivity contribution in [2.24, 2.45) is 5.92 Å². The fourth-order valence-electron chi connectivity index (χ4n) is 4.50. The molecule has 0 bridgehead atoms. The number of benzene rings is 3. The molecular weight excluding hydrogens is 574 g/mol. The molecule has 0 fully saturated rings. The number of anilines is 1. The zero-order valence-electron chi connectivity index (χ0n) is 24.8. The van der Waals surface area contributed by atoms with Gasteiger partial charge < -0.3 is 15.0 Å². The molecule has 3 aromatic carbocycles. The molecule has 0 saturated carbocycles. The van der Waals surface area contributed by atoms with Crippen LogP contribution in [-0.4, -0.2) is 50.9 Å². The van der Waals surface area contributed by atoms with Crippen LogP contribution in [0.1, 0.15) is 45.2 Å². The van der Waals surface area contributed by atoms with Gasteiger partial charge in [0, 0.05) is 18.1 Å². The molecule has 3 rings (SSSR count). The first kappa shape index (κ1) is 32.9. The fraction of sp³-hybridized carbons (Fsp3) is 0.375. The van der Waals surface area contributed by atoms with Gasteiger partial charge in [-0.1, -0.05) is 68.8 Å². The van der Waals surface area contributed by atoms with E-state index >= 15 is 0 Å². The highest BCUT2D eigenvalue weighted by Crippen LogP contribution is 2.33. The van der Waals surface area contributed by atoms with Crippen molar-refractivity contribution in [3.8, 4) is 5.75 Å². The van der Waals surface area contributed by atoms with Gasteiger partial charge in [0.1, 0.15) is 18.3 Å². The lowest BCUT2D eigenvalue weighted by Gasteiger charge is -2.34. The van der Waals surface area contributed by atoms with Gasteiger partial charge in [0.2, 0.25) is 11.8 Å². The number of carbonyl (C=O) groups is 2. The van der Waals surface area contributed by atoms with E-state index in [4.69, 9.17) is 16.3 Å². The summed E-state index contributed by atoms with van der Waals surface area (Å²) in [6, 6.07) is 19.3. The van der Waals surface area contributed by atoms with Gasteiger partial charge in [-0.15, -0.1) is 0 Å². The average molecular weight is 614 g/mol. The number of carbonyl (C=O) groups excluding carboxylic acids is 2. The van der Waals surface area contributed by atoms with Crippen LogP contribution < -0.4 is 14.4 Å². The zero-order valence-corrected chi connectivity index (χ0v) is 26.4. The number of ether oxygens (including phenoxy) is 1. The van der Waals surface area contributed by atoms with E-state index in [-0.39, 0.29) is 29.0 Å². The number of amides is 2. The SMILES string of the molecule is CCOc1ccccc1N(CC(=O)N(Cc1ccccc1C)C(CC)C(=O)NCC(C)C)S(=O)(=O)c1ccc(Cl)cc1. The number of hydrogen-bond acceptors (Lipinski definition) is 5. The summed E-state index contributed by atoms with van der Waals surface area (Å²) in [4.78, 5) is 29.1. The molecule has 0 saturated heterocycles. The molecule has 1 unspecified atom stereocenters. The molecule has 42 heavy (non-hydrogen) atoms. The van der Waals surface area contributed by atoms with Crippen LogP contribution in [0.25, 0.3) is 0 Å². The van der Waals surface area contributed by atoms with Crippen molar-refractivity contribution in [3.63, 3.8) is 0 Å². The molecule has 10 heteroatoms. The van der Waals surface area contributed by atoms with Crippen LogP contribution >= 0.6 is 11.6 Å². The second-order valence-corrected chi connectivity index (χ2v) is 12.7. The molecule has 0 radical (unpaired) electrons. The average Bonchev–Trinajstić information content (AvgIpc) is 2.96. The van der Waals surface area contributed by atoms with Crippen molar-refractivity contribution in [2.75, 3.05) is 24.0 Å². The highest BCUT2D eigenvalue weighted by molar-refractivity contribution is 7.92. The summed E-state index contributed by atoms with van der Waals surface area (Å²) in [7, 11) is -4.25. The Morgan fingerprint density at radius 3 is 2.21 bits per heavy atom. The first-order valence-corrected chi connectivity index (χ1v) is 15.9. The van der Waals surface area contributed by atoms with E-state index < -0.39 is 28.5 Å². The van der Waals surface area contributed by atoms with E-state index in [1.807, 2.05) is 52.0 Å². The summed E-state index contributed by atoms with van der Waals surface area (Å²) in [6.07, 6.45) is 0.348. The number of aryl methyl sites for hydroxylation is 1. The van der Waals surface area contributed by atoms with Crippen molar-refractivity contribution in [2.45, 2.75) is 58.5 Å². The van der Waals surface area contributed by atoms with Gasteiger partial charge in [-0.25, -0.2) is 8.42 Å². The summed E-state index contributed by atoms with van der Waals surface area (Å²) in [5, 5.41) is 3.33. The summed E-state index contributed by atoms with van der Waals surface area (Å²) in [6.45, 7) is 9.91. The molecule has 8 nitrogen and oxygen atoms in total. The quantitative estimate of drug-likeness (QED) is 0.247. The van der Waals surface area contributed by atoms with Gasteiger partial charge in [-0.3, -0.25) is 13.9 Å². The molecule has 0 aliphatic carbocycles. The number of para-hydroxylation sites is 2. The molecule has 1 N–H and O–H groups in total. The Morgan fingerprint density at radius 2 is 1.60 bits per heavy atom. The Labute approximate surface area is 254 Å². The van der Waals surface area contributed by atoms with Crippen LogP contribution in [0, 0.1) is 12.8 Å². The third-order valence-electron chi connectivity index (χ3n) is 6.79. The first-order chi connectivity index (χ1) is 20.0. The Bertz CT molecular complexity index is 1460. The van der Waals surface area contributed by atoms with Crippen LogP contribution in [0.5, 0.6) is 5.75 Å². The highest BCUT2D eigenvalue weighted by Gasteiger charge is 2.35. The normalized spacial score (nSPS) is 12.1. The van der Waals surface area contributed by atoms with Gasteiger partial charge in [0.05, 0.1) is 17.2 Å². The fourth-order valence-corrected chi connectivity index (χ4v) is 6.05. The van der Waals surface area contributed by atoms with Crippen LogP contribution in [-0.2, 0) is 26.2 Å². The first-order valence-electron chi connectivity index (χ1n) is 14.1. The number of rotatable bonds is 14. The third-order valence-corrected chi connectivity index (χ3v) is 8.81. The van der Waals surface area contributed by atoms with E-state index in [1.165, 1.54) is 29.2 Å². The minimum Gasteiger partial charge on any atom is -0.492 e. The number of nitrogens with one attached hydrogen (secondary N) is 1. The third kappa shape index (κ3) is 8.26. The summed E-state index contributed by atoms with van der Waals surface area (Å²) >= 11 is 6.04. The predicted octanol–water partition coefficient (Wildman–Crippen LogP) is 5.82. The zero-order chi connectivity index (χ0) is 30.9. The molecule has 0 aliphatic heterocycles. The van der Waals surface area contributed by atoms with E-state index in [2.05, 4.69) is 5.32 Å². The van der Waals surface area contributed by atoms with Crippen molar-refractivity contribution >= 4 is 39.1 Å². The molecule has 226 valence electrons. The number of sulfonamides is 1. The number of halogens is 1. The van der Waals surface area contributed by atoms with E-state index in [9.17, 15) is 18.0 Å². The lowest BCUT2D eigenvalue weighted by Crippen LogP contribution is -2.52. The second-order valence-electron chi connectivity index (χ2n) is 10.4. The van der Waals surface area contributed by atoms with E-state index in [0.717, 1.165) is 15.4 Å². The summed E-state index contributed by atoms with van der Waals surface area (Å²) in [5.74, 6) is -0.261. The Kier molecular flexibility index (Phi) is 11.8. The van der Waals surface area contributed by atoms with Gasteiger partial charge in [-0.05, 0) is 73.7 Å². The van der Waals surface area contributed by atoms with Crippen molar-refractivity contribution in [1.82, 2.24) is 10.2 Å². The molecule has 0 aromatic heterocycles.